The maximum atomic E-state index is 13.1. The fourth-order valence-corrected chi connectivity index (χ4v) is 3.75. The van der Waals surface area contributed by atoms with E-state index in [1.807, 2.05) is 57.2 Å². The lowest BCUT2D eigenvalue weighted by molar-refractivity contribution is -0.138. The first kappa shape index (κ1) is 24.3. The van der Waals surface area contributed by atoms with Crippen molar-refractivity contribution in [3.63, 3.8) is 0 Å². The third kappa shape index (κ3) is 6.36. The average Bonchev–Trinajstić information content (AvgIpc) is 3.53. The van der Waals surface area contributed by atoms with Gasteiger partial charge in [0.1, 0.15) is 18.6 Å². The monoisotopic (exact) mass is 455 g/mol. The Kier molecular flexibility index (Phi) is 7.45. The van der Waals surface area contributed by atoms with Crippen molar-refractivity contribution in [2.45, 2.75) is 51.6 Å². The van der Waals surface area contributed by atoms with Gasteiger partial charge in [-0.25, -0.2) is 0 Å². The molecule has 2 aromatic carbocycles. The van der Waals surface area contributed by atoms with Crippen LogP contribution in [0.15, 0.2) is 42.5 Å². The van der Waals surface area contributed by atoms with E-state index >= 15 is 0 Å². The van der Waals surface area contributed by atoms with Crippen molar-refractivity contribution in [1.82, 2.24) is 16.0 Å². The number of hydrogen-bond acceptors (Lipinski definition) is 6. The summed E-state index contributed by atoms with van der Waals surface area (Å²) >= 11 is 0. The van der Waals surface area contributed by atoms with Crippen LogP contribution in [0.5, 0.6) is 0 Å². The number of amides is 2. The quantitative estimate of drug-likeness (QED) is 0.314. The Morgan fingerprint density at radius 1 is 1.09 bits per heavy atom. The van der Waals surface area contributed by atoms with Gasteiger partial charge in [-0.3, -0.25) is 19.7 Å². The number of hydrogen-bond donors (Lipinski definition) is 4. The summed E-state index contributed by atoms with van der Waals surface area (Å²) in [5.41, 5.74) is 0.249. The topological polar surface area (TPSA) is 137 Å². The summed E-state index contributed by atoms with van der Waals surface area (Å²) in [5.74, 6) is -1.91. The van der Waals surface area contributed by atoms with Gasteiger partial charge in [-0.05, 0) is 22.3 Å². The summed E-state index contributed by atoms with van der Waals surface area (Å²) in [6.45, 7) is 5.83. The summed E-state index contributed by atoms with van der Waals surface area (Å²) in [6.07, 6.45) is -0.898. The smallest absolute Gasteiger partial charge is 0.305 e. The number of aliphatic carboxylic acids is 1. The molecule has 0 aromatic heterocycles. The zero-order valence-electron chi connectivity index (χ0n) is 18.8. The number of benzene rings is 2. The molecule has 2 amide bonds. The number of ether oxygens (including phenoxy) is 1. The number of carbonyl (C=O) groups is 4. The molecule has 0 aliphatic carbocycles. The summed E-state index contributed by atoms with van der Waals surface area (Å²) in [5, 5.41) is 19.0. The van der Waals surface area contributed by atoms with Gasteiger partial charge < -0.3 is 25.3 Å². The van der Waals surface area contributed by atoms with Gasteiger partial charge >= 0.3 is 5.97 Å². The molecule has 0 spiro atoms. The Balaban J connectivity index is 1.61. The van der Waals surface area contributed by atoms with E-state index in [-0.39, 0.29) is 30.0 Å². The third-order valence-electron chi connectivity index (χ3n) is 5.48. The van der Waals surface area contributed by atoms with Gasteiger partial charge in [-0.1, -0.05) is 57.2 Å². The highest BCUT2D eigenvalue weighted by Crippen LogP contribution is 2.34. The zero-order valence-corrected chi connectivity index (χ0v) is 18.8. The highest BCUT2D eigenvalue weighted by atomic mass is 16.6. The Bertz CT molecular complexity index is 1040. The van der Waals surface area contributed by atoms with E-state index in [0.29, 0.717) is 11.8 Å². The highest BCUT2D eigenvalue weighted by molar-refractivity contribution is 6.07. The van der Waals surface area contributed by atoms with Crippen LogP contribution < -0.4 is 16.0 Å². The number of epoxide rings is 1. The summed E-state index contributed by atoms with van der Waals surface area (Å²) in [6, 6.07) is 11.8. The number of fused-ring (bicyclic) bond motifs is 1. The van der Waals surface area contributed by atoms with Gasteiger partial charge in [0.25, 0.3) is 5.91 Å². The Morgan fingerprint density at radius 3 is 2.45 bits per heavy atom. The molecule has 0 bridgehead atoms. The summed E-state index contributed by atoms with van der Waals surface area (Å²) < 4.78 is 5.71. The molecule has 2 aromatic rings. The van der Waals surface area contributed by atoms with Crippen LogP contribution in [0.2, 0.25) is 0 Å². The molecular weight excluding hydrogens is 426 g/mol. The maximum absolute atomic E-state index is 13.1. The van der Waals surface area contributed by atoms with E-state index in [1.165, 1.54) is 0 Å². The van der Waals surface area contributed by atoms with Crippen molar-refractivity contribution >= 4 is 34.8 Å². The van der Waals surface area contributed by atoms with Crippen molar-refractivity contribution in [2.24, 2.45) is 5.41 Å². The molecule has 1 heterocycles. The molecule has 1 fully saturated rings. The van der Waals surface area contributed by atoms with Crippen LogP contribution in [0.25, 0.3) is 10.8 Å². The molecule has 0 saturated carbocycles. The van der Waals surface area contributed by atoms with Crippen LogP contribution >= 0.6 is 0 Å². The molecule has 1 saturated heterocycles. The van der Waals surface area contributed by atoms with E-state index in [1.54, 1.807) is 6.07 Å². The van der Waals surface area contributed by atoms with Crippen molar-refractivity contribution < 1.29 is 29.0 Å². The van der Waals surface area contributed by atoms with Crippen LogP contribution in [-0.4, -0.2) is 60.1 Å². The van der Waals surface area contributed by atoms with Crippen molar-refractivity contribution in [1.29, 1.82) is 0 Å². The lowest BCUT2D eigenvalue weighted by Crippen LogP contribution is -2.49. The first-order valence-electron chi connectivity index (χ1n) is 10.7. The van der Waals surface area contributed by atoms with Crippen LogP contribution in [0.4, 0.5) is 0 Å². The van der Waals surface area contributed by atoms with E-state index in [4.69, 9.17) is 9.84 Å². The average molecular weight is 456 g/mol. The number of aldehydes is 1. The standard InChI is InChI=1S/C24H29N3O6/c1-24(2,3)21(27-22(32)17-10-6-8-14-7-4-5-9-16(14)17)20-23(33-20)25-12-18(29)26-15(13-28)11-19(30)31/h4-10,13,15,20-21,23,25H,11-12H2,1-3H3,(H,26,29)(H,27,32)(H,30,31)/t15?,20?,21-,23+/m1/s1. The van der Waals surface area contributed by atoms with Gasteiger partial charge in [0.05, 0.1) is 25.0 Å². The van der Waals surface area contributed by atoms with Crippen molar-refractivity contribution in [2.75, 3.05) is 6.54 Å². The van der Waals surface area contributed by atoms with Crippen LogP contribution in [-0.2, 0) is 19.1 Å². The Labute approximate surface area is 191 Å². The molecule has 9 heteroatoms. The predicted molar refractivity (Wildman–Crippen MR) is 122 cm³/mol. The number of carboxylic acids is 1. The molecule has 3 rings (SSSR count). The molecule has 33 heavy (non-hydrogen) atoms. The molecule has 0 radical (unpaired) electrons. The molecular formula is C24H29N3O6. The van der Waals surface area contributed by atoms with E-state index < -0.39 is 30.6 Å². The molecule has 9 nitrogen and oxygen atoms in total. The minimum atomic E-state index is -1.18. The van der Waals surface area contributed by atoms with Crippen LogP contribution in [0.3, 0.4) is 0 Å². The lowest BCUT2D eigenvalue weighted by atomic mass is 9.84. The minimum absolute atomic E-state index is 0.154. The number of rotatable bonds is 10. The molecule has 2 unspecified atom stereocenters. The summed E-state index contributed by atoms with van der Waals surface area (Å²) in [7, 11) is 0. The van der Waals surface area contributed by atoms with Crippen molar-refractivity contribution in [3.8, 4) is 0 Å². The fourth-order valence-electron chi connectivity index (χ4n) is 3.75. The van der Waals surface area contributed by atoms with Gasteiger partial charge in [0.15, 0.2) is 0 Å². The molecule has 176 valence electrons. The minimum Gasteiger partial charge on any atom is -0.481 e. The normalized spacial score (nSPS) is 19.4. The second kappa shape index (κ2) is 10.1. The third-order valence-corrected chi connectivity index (χ3v) is 5.48. The molecule has 4 atom stereocenters. The second-order valence-electron chi connectivity index (χ2n) is 9.15. The number of carboxylic acid groups (broad SMARTS) is 1. The van der Waals surface area contributed by atoms with Gasteiger partial charge in [-0.15, -0.1) is 0 Å². The van der Waals surface area contributed by atoms with E-state index in [0.717, 1.165) is 10.8 Å². The second-order valence-corrected chi connectivity index (χ2v) is 9.15. The van der Waals surface area contributed by atoms with Crippen LogP contribution in [0, 0.1) is 5.41 Å². The molecule has 1 aliphatic heterocycles. The summed E-state index contributed by atoms with van der Waals surface area (Å²) in [4.78, 5) is 46.8. The fraction of sp³-hybridized carbons (Fsp3) is 0.417. The zero-order chi connectivity index (χ0) is 24.2. The first-order chi connectivity index (χ1) is 15.6. The van der Waals surface area contributed by atoms with Gasteiger partial charge in [0, 0.05) is 5.56 Å². The number of carbonyl (C=O) groups excluding carboxylic acids is 3. The lowest BCUT2D eigenvalue weighted by Gasteiger charge is -2.30. The predicted octanol–water partition coefficient (Wildman–Crippen LogP) is 1.46. The Morgan fingerprint density at radius 2 is 1.79 bits per heavy atom. The van der Waals surface area contributed by atoms with Gasteiger partial charge in [-0.2, -0.15) is 0 Å². The SMILES string of the molecule is CC(C)(C)[C@H](NC(=O)c1cccc2ccccc12)C1O[C@@H]1NCC(=O)NC(C=O)CC(=O)O. The molecule has 1 aliphatic rings. The van der Waals surface area contributed by atoms with Gasteiger partial charge in [0.2, 0.25) is 5.91 Å². The number of nitrogens with one attached hydrogen (secondary N) is 3. The molecule has 4 N–H and O–H groups in total. The van der Waals surface area contributed by atoms with E-state index in [9.17, 15) is 19.2 Å². The Hall–Kier alpha value is -3.30. The largest absolute Gasteiger partial charge is 0.481 e. The highest BCUT2D eigenvalue weighted by Gasteiger charge is 2.50. The van der Waals surface area contributed by atoms with E-state index in [2.05, 4.69) is 16.0 Å². The van der Waals surface area contributed by atoms with Crippen molar-refractivity contribution in [3.05, 3.63) is 48.0 Å². The first-order valence-corrected chi connectivity index (χ1v) is 10.7. The van der Waals surface area contributed by atoms with Crippen LogP contribution in [0.1, 0.15) is 37.6 Å². The maximum Gasteiger partial charge on any atom is 0.305 e.